The van der Waals surface area contributed by atoms with Gasteiger partial charge in [-0.15, -0.1) is 0 Å². The number of nitrogens with zero attached hydrogens (tertiary/aromatic N) is 2. The van der Waals surface area contributed by atoms with Crippen LogP contribution in [0.3, 0.4) is 0 Å². The van der Waals surface area contributed by atoms with Crippen LogP contribution in [0.1, 0.15) is 45.4 Å². The van der Waals surface area contributed by atoms with Gasteiger partial charge in [0.15, 0.2) is 0 Å². The highest BCUT2D eigenvalue weighted by molar-refractivity contribution is 6.15. The van der Waals surface area contributed by atoms with E-state index < -0.39 is 0 Å². The highest BCUT2D eigenvalue weighted by Gasteiger charge is 2.24. The third-order valence-electron chi connectivity index (χ3n) is 4.41. The summed E-state index contributed by atoms with van der Waals surface area (Å²) >= 11 is 0. The van der Waals surface area contributed by atoms with E-state index in [2.05, 4.69) is 16.9 Å². The molecule has 0 aromatic rings. The molecule has 142 valence electrons. The number of amidine groups is 1. The second-order valence-electron chi connectivity index (χ2n) is 6.50. The van der Waals surface area contributed by atoms with Crippen LogP contribution in [0.25, 0.3) is 0 Å². The number of esters is 1. The van der Waals surface area contributed by atoms with Gasteiger partial charge in [-0.25, -0.2) is 4.99 Å². The highest BCUT2D eigenvalue weighted by Crippen LogP contribution is 2.19. The van der Waals surface area contributed by atoms with Crippen LogP contribution in [-0.4, -0.2) is 41.8 Å². The van der Waals surface area contributed by atoms with Gasteiger partial charge in [0, 0.05) is 37.4 Å². The van der Waals surface area contributed by atoms with E-state index in [9.17, 15) is 9.59 Å². The lowest BCUT2D eigenvalue weighted by Gasteiger charge is -2.28. The molecule has 1 aliphatic carbocycles. The van der Waals surface area contributed by atoms with Crippen LogP contribution in [0.2, 0.25) is 0 Å². The summed E-state index contributed by atoms with van der Waals surface area (Å²) in [6.45, 7) is 5.98. The van der Waals surface area contributed by atoms with Crippen LogP contribution >= 0.6 is 0 Å². The summed E-state index contributed by atoms with van der Waals surface area (Å²) in [5, 5.41) is 3.35. The lowest BCUT2D eigenvalue weighted by Crippen LogP contribution is -2.41. The van der Waals surface area contributed by atoms with Crippen molar-refractivity contribution in [1.29, 1.82) is 0 Å². The molecule has 3 N–H and O–H groups in total. The zero-order chi connectivity index (χ0) is 18.9. The summed E-state index contributed by atoms with van der Waals surface area (Å²) in [7, 11) is 0. The van der Waals surface area contributed by atoms with Gasteiger partial charge in [-0.2, -0.15) is 0 Å². The molecule has 1 saturated carbocycles. The lowest BCUT2D eigenvalue weighted by molar-refractivity contribution is -0.141. The average Bonchev–Trinajstić information content (AvgIpc) is 2.61. The Morgan fingerprint density at radius 2 is 2.15 bits per heavy atom. The van der Waals surface area contributed by atoms with Crippen molar-refractivity contribution in [3.63, 3.8) is 0 Å². The van der Waals surface area contributed by atoms with Gasteiger partial charge in [0.1, 0.15) is 11.7 Å². The van der Waals surface area contributed by atoms with Gasteiger partial charge in [-0.1, -0.05) is 25.8 Å². The molecule has 2 aliphatic rings. The minimum atomic E-state index is -0.337. The zero-order valence-corrected chi connectivity index (χ0v) is 15.4. The Hall–Kier alpha value is -2.57. The predicted molar refractivity (Wildman–Crippen MR) is 101 cm³/mol. The van der Waals surface area contributed by atoms with Crippen LogP contribution in [-0.2, 0) is 14.3 Å². The monoisotopic (exact) mass is 360 g/mol. The van der Waals surface area contributed by atoms with E-state index >= 15 is 0 Å². The molecular formula is C19H28N4O3. The molecule has 7 nitrogen and oxygen atoms in total. The molecule has 1 fully saturated rings. The van der Waals surface area contributed by atoms with Crippen LogP contribution < -0.4 is 11.1 Å². The molecule has 0 saturated heterocycles. The van der Waals surface area contributed by atoms with Gasteiger partial charge in [0.05, 0.1) is 6.61 Å². The van der Waals surface area contributed by atoms with Crippen LogP contribution in [0, 0.1) is 0 Å². The van der Waals surface area contributed by atoms with E-state index in [0.717, 1.165) is 12.8 Å². The molecule has 26 heavy (non-hydrogen) atoms. The van der Waals surface area contributed by atoms with E-state index in [1.54, 1.807) is 6.08 Å². The molecule has 1 heterocycles. The van der Waals surface area contributed by atoms with Crippen molar-refractivity contribution < 1.29 is 14.3 Å². The van der Waals surface area contributed by atoms with Crippen molar-refractivity contribution in [2.75, 3.05) is 13.2 Å². The maximum atomic E-state index is 12.3. The lowest BCUT2D eigenvalue weighted by atomic mass is 9.96. The summed E-state index contributed by atoms with van der Waals surface area (Å²) in [5.41, 5.74) is 6.36. The SMILES string of the molecule is C=C(/N=C1\C(=C/N)C=CC(=O)N1CCCOC(C)=O)NC1CCCCC1. The molecule has 1 aliphatic heterocycles. The van der Waals surface area contributed by atoms with Crippen molar-refractivity contribution in [1.82, 2.24) is 10.2 Å². The van der Waals surface area contributed by atoms with Crippen molar-refractivity contribution >= 4 is 17.7 Å². The largest absolute Gasteiger partial charge is 0.466 e. The van der Waals surface area contributed by atoms with Crippen LogP contribution in [0.4, 0.5) is 0 Å². The third-order valence-corrected chi connectivity index (χ3v) is 4.41. The number of ether oxygens (including phenoxy) is 1. The van der Waals surface area contributed by atoms with E-state index in [4.69, 9.17) is 10.5 Å². The highest BCUT2D eigenvalue weighted by atomic mass is 16.5. The average molecular weight is 360 g/mol. The van der Waals surface area contributed by atoms with Gasteiger partial charge in [-0.3, -0.25) is 14.5 Å². The quantitative estimate of drug-likeness (QED) is 0.534. The molecule has 0 aromatic heterocycles. The minimum absolute atomic E-state index is 0.178. The van der Waals surface area contributed by atoms with E-state index in [0.29, 0.717) is 36.2 Å². The van der Waals surface area contributed by atoms with Gasteiger partial charge in [0.25, 0.3) is 5.91 Å². The first-order valence-corrected chi connectivity index (χ1v) is 9.10. The first-order chi connectivity index (χ1) is 12.5. The number of hydrogen-bond donors (Lipinski definition) is 2. The Morgan fingerprint density at radius 1 is 1.42 bits per heavy atom. The molecule has 1 amide bonds. The zero-order valence-electron chi connectivity index (χ0n) is 15.4. The van der Waals surface area contributed by atoms with Gasteiger partial charge < -0.3 is 15.8 Å². The molecule has 0 radical (unpaired) electrons. The second-order valence-corrected chi connectivity index (χ2v) is 6.50. The first-order valence-electron chi connectivity index (χ1n) is 9.10. The maximum Gasteiger partial charge on any atom is 0.302 e. The van der Waals surface area contributed by atoms with E-state index in [1.807, 2.05) is 0 Å². The maximum absolute atomic E-state index is 12.3. The number of rotatable bonds is 7. The summed E-state index contributed by atoms with van der Waals surface area (Å²) in [6.07, 6.45) is 10.9. The van der Waals surface area contributed by atoms with Gasteiger partial charge >= 0.3 is 5.97 Å². The molecule has 0 unspecified atom stereocenters. The molecule has 2 rings (SSSR count). The number of amides is 1. The van der Waals surface area contributed by atoms with Crippen molar-refractivity contribution in [2.45, 2.75) is 51.5 Å². The normalized spacial score (nSPS) is 21.3. The van der Waals surface area contributed by atoms with Crippen molar-refractivity contribution in [2.24, 2.45) is 10.7 Å². The van der Waals surface area contributed by atoms with Crippen LogP contribution in [0.15, 0.2) is 41.3 Å². The molecule has 0 aromatic carbocycles. The first kappa shape index (κ1) is 19.8. The number of carbonyl (C=O) groups is 2. The second kappa shape index (κ2) is 9.79. The van der Waals surface area contributed by atoms with Crippen LogP contribution in [0.5, 0.6) is 0 Å². The number of carbonyl (C=O) groups excluding carboxylic acids is 2. The standard InChI is InChI=1S/C19H28N4O3/c1-14(21-17-7-4-3-5-8-17)22-19-16(13-20)9-10-18(25)23(19)11-6-12-26-15(2)24/h9-10,13,17,21H,1,3-8,11-12,20H2,2H3/b16-13-,22-19+. The summed E-state index contributed by atoms with van der Waals surface area (Å²) in [6, 6.07) is 0.373. The summed E-state index contributed by atoms with van der Waals surface area (Å²) < 4.78 is 4.93. The topological polar surface area (TPSA) is 97.0 Å². The Morgan fingerprint density at radius 3 is 2.81 bits per heavy atom. The Kier molecular flexibility index (Phi) is 7.44. The Labute approximate surface area is 154 Å². The van der Waals surface area contributed by atoms with Gasteiger partial charge in [0.2, 0.25) is 0 Å². The minimum Gasteiger partial charge on any atom is -0.466 e. The summed E-state index contributed by atoms with van der Waals surface area (Å²) in [4.78, 5) is 29.2. The van der Waals surface area contributed by atoms with Gasteiger partial charge in [-0.05, 0) is 25.3 Å². The molecule has 0 atom stereocenters. The summed E-state index contributed by atoms with van der Waals surface area (Å²) in [5.74, 6) is 0.481. The smallest absolute Gasteiger partial charge is 0.302 e. The number of hydrogen-bond acceptors (Lipinski definition) is 6. The van der Waals surface area contributed by atoms with E-state index in [1.165, 1.54) is 43.4 Å². The molecule has 0 bridgehead atoms. The fourth-order valence-electron chi connectivity index (χ4n) is 3.14. The molecular weight excluding hydrogens is 332 g/mol. The molecule has 7 heteroatoms. The third kappa shape index (κ3) is 5.75. The van der Waals surface area contributed by atoms with Crippen molar-refractivity contribution in [3.05, 3.63) is 36.3 Å². The Bertz CT molecular complexity index is 631. The van der Waals surface area contributed by atoms with E-state index in [-0.39, 0.29) is 18.5 Å². The fraction of sp³-hybridized carbons (Fsp3) is 0.526. The number of nitrogens with two attached hydrogens (primary N) is 1. The number of aliphatic imine (C=N–C) groups is 1. The Balaban J connectivity index is 2.07. The van der Waals surface area contributed by atoms with Crippen molar-refractivity contribution in [3.8, 4) is 0 Å². The fourth-order valence-corrected chi connectivity index (χ4v) is 3.14. The molecule has 0 spiro atoms. The predicted octanol–water partition coefficient (Wildman–Crippen LogP) is 1.97. The number of nitrogens with one attached hydrogen (secondary N) is 1.